The van der Waals surface area contributed by atoms with Gasteiger partial charge in [0.25, 0.3) is 0 Å². The van der Waals surface area contributed by atoms with Crippen molar-refractivity contribution in [1.82, 2.24) is 15.2 Å². The molecule has 0 aliphatic carbocycles. The number of amides is 2. The number of morpholine rings is 1. The fourth-order valence-electron chi connectivity index (χ4n) is 4.40. The Morgan fingerprint density at radius 3 is 2.31 bits per heavy atom. The molecule has 0 spiro atoms. The molecule has 36 heavy (non-hydrogen) atoms. The fourth-order valence-corrected chi connectivity index (χ4v) is 4.40. The largest absolute Gasteiger partial charge is 0.445 e. The number of carbonyl (C=O) groups is 2. The van der Waals surface area contributed by atoms with E-state index in [1.165, 1.54) is 0 Å². The third-order valence-corrected chi connectivity index (χ3v) is 6.15. The molecule has 3 rings (SSSR count). The maximum atomic E-state index is 13.3. The highest BCUT2D eigenvalue weighted by Crippen LogP contribution is 2.34. The summed E-state index contributed by atoms with van der Waals surface area (Å²) in [5, 5.41) is 2.86. The Morgan fingerprint density at radius 1 is 1.08 bits per heavy atom. The van der Waals surface area contributed by atoms with Gasteiger partial charge >= 0.3 is 6.09 Å². The molecule has 1 saturated heterocycles. The van der Waals surface area contributed by atoms with Gasteiger partial charge in [-0.15, -0.1) is 0 Å². The Labute approximate surface area is 215 Å². The number of rotatable bonds is 7. The second-order valence-electron chi connectivity index (χ2n) is 11.1. The summed E-state index contributed by atoms with van der Waals surface area (Å²) >= 11 is 0. The Morgan fingerprint density at radius 2 is 1.72 bits per heavy atom. The summed E-state index contributed by atoms with van der Waals surface area (Å²) in [6, 6.07) is 8.28. The summed E-state index contributed by atoms with van der Waals surface area (Å²) in [6.07, 6.45) is 0.515. The number of pyridine rings is 1. The zero-order valence-corrected chi connectivity index (χ0v) is 22.9. The highest BCUT2D eigenvalue weighted by Gasteiger charge is 2.25. The van der Waals surface area contributed by atoms with Gasteiger partial charge in [0.1, 0.15) is 6.61 Å². The smallest absolute Gasteiger partial charge is 0.407 e. The lowest BCUT2D eigenvalue weighted by Gasteiger charge is -2.28. The molecular formula is C29H41N3O4. The molecule has 0 unspecified atom stereocenters. The highest BCUT2D eigenvalue weighted by atomic mass is 16.5. The van der Waals surface area contributed by atoms with Crippen LogP contribution in [0.2, 0.25) is 0 Å². The number of hydrogen-bond donors (Lipinski definition) is 1. The average molecular weight is 496 g/mol. The van der Waals surface area contributed by atoms with Crippen molar-refractivity contribution in [3.63, 3.8) is 0 Å². The van der Waals surface area contributed by atoms with Gasteiger partial charge in [-0.2, -0.15) is 0 Å². The van der Waals surface area contributed by atoms with Crippen LogP contribution in [-0.4, -0.2) is 53.7 Å². The molecule has 0 radical (unpaired) electrons. The number of hydrogen-bond acceptors (Lipinski definition) is 5. The van der Waals surface area contributed by atoms with E-state index in [1.807, 2.05) is 32.6 Å². The third kappa shape index (κ3) is 7.53. The summed E-state index contributed by atoms with van der Waals surface area (Å²) in [6.45, 7) is 16.5. The van der Waals surface area contributed by atoms with Crippen LogP contribution in [0.15, 0.2) is 24.3 Å². The van der Waals surface area contributed by atoms with Gasteiger partial charge in [0.05, 0.1) is 19.6 Å². The minimum absolute atomic E-state index is 0.0607. The first-order valence-corrected chi connectivity index (χ1v) is 12.8. The number of benzene rings is 1. The predicted molar refractivity (Wildman–Crippen MR) is 142 cm³/mol. The van der Waals surface area contributed by atoms with Gasteiger partial charge in [-0.05, 0) is 63.6 Å². The van der Waals surface area contributed by atoms with Gasteiger partial charge in [-0.25, -0.2) is 4.79 Å². The minimum atomic E-state index is -0.473. The zero-order chi connectivity index (χ0) is 26.5. The summed E-state index contributed by atoms with van der Waals surface area (Å²) in [7, 11) is 0. The maximum Gasteiger partial charge on any atom is 0.407 e. The van der Waals surface area contributed by atoms with Crippen LogP contribution in [0, 0.1) is 19.8 Å². The fraction of sp³-hybridized carbons (Fsp3) is 0.552. The maximum absolute atomic E-state index is 13.3. The SMILES string of the molecule is Cc1ccc(-c2c(CC(=O)N3CCOCC3)c(C)nc(CC(C)C)c2COC(=O)NC(C)(C)C)cc1. The topological polar surface area (TPSA) is 80.8 Å². The summed E-state index contributed by atoms with van der Waals surface area (Å²) in [5.41, 5.74) is 6.19. The van der Waals surface area contributed by atoms with Crippen LogP contribution < -0.4 is 5.32 Å². The quantitative estimate of drug-likeness (QED) is 0.585. The lowest BCUT2D eigenvalue weighted by atomic mass is 9.88. The Balaban J connectivity index is 2.10. The first kappa shape index (κ1) is 27.7. The first-order chi connectivity index (χ1) is 16.9. The summed E-state index contributed by atoms with van der Waals surface area (Å²) < 4.78 is 11.2. The van der Waals surface area contributed by atoms with Gasteiger partial charge in [0, 0.05) is 35.6 Å². The molecule has 0 bridgehead atoms. The van der Waals surface area contributed by atoms with E-state index in [0.29, 0.717) is 32.2 Å². The van der Waals surface area contributed by atoms with E-state index in [1.54, 1.807) is 0 Å². The van der Waals surface area contributed by atoms with Crippen LogP contribution in [-0.2, 0) is 33.7 Å². The van der Waals surface area contributed by atoms with Crippen molar-refractivity contribution in [2.24, 2.45) is 5.92 Å². The molecular weight excluding hydrogens is 454 g/mol. The van der Waals surface area contributed by atoms with E-state index in [-0.39, 0.29) is 18.9 Å². The van der Waals surface area contributed by atoms with E-state index >= 15 is 0 Å². The van der Waals surface area contributed by atoms with Crippen molar-refractivity contribution in [2.75, 3.05) is 26.3 Å². The predicted octanol–water partition coefficient (Wildman–Crippen LogP) is 4.99. The zero-order valence-electron chi connectivity index (χ0n) is 22.9. The number of nitrogens with one attached hydrogen (secondary N) is 1. The Hall–Kier alpha value is -2.93. The van der Waals surface area contributed by atoms with E-state index in [0.717, 1.165) is 45.6 Å². The molecule has 196 valence electrons. The van der Waals surface area contributed by atoms with Crippen molar-refractivity contribution >= 4 is 12.0 Å². The first-order valence-electron chi connectivity index (χ1n) is 12.8. The molecule has 1 aromatic carbocycles. The number of nitrogens with zero attached hydrogens (tertiary/aromatic N) is 2. The molecule has 2 heterocycles. The molecule has 1 aliphatic heterocycles. The monoisotopic (exact) mass is 495 g/mol. The van der Waals surface area contributed by atoms with Crippen LogP contribution >= 0.6 is 0 Å². The van der Waals surface area contributed by atoms with Gasteiger partial charge in [0.2, 0.25) is 5.91 Å². The molecule has 0 saturated carbocycles. The van der Waals surface area contributed by atoms with Crippen molar-refractivity contribution < 1.29 is 19.1 Å². The Bertz CT molecular complexity index is 1070. The minimum Gasteiger partial charge on any atom is -0.445 e. The molecule has 0 atom stereocenters. The normalized spacial score (nSPS) is 14.2. The number of carbonyl (C=O) groups excluding carboxylic acids is 2. The highest BCUT2D eigenvalue weighted by molar-refractivity contribution is 5.84. The van der Waals surface area contributed by atoms with Gasteiger partial charge in [-0.1, -0.05) is 43.7 Å². The van der Waals surface area contributed by atoms with Gasteiger partial charge < -0.3 is 19.7 Å². The van der Waals surface area contributed by atoms with Crippen molar-refractivity contribution in [3.05, 3.63) is 52.3 Å². The van der Waals surface area contributed by atoms with E-state index < -0.39 is 11.6 Å². The summed E-state index contributed by atoms with van der Waals surface area (Å²) in [5.74, 6) is 0.427. The van der Waals surface area contributed by atoms with E-state index in [4.69, 9.17) is 14.5 Å². The number of aromatic nitrogens is 1. The van der Waals surface area contributed by atoms with Crippen molar-refractivity contribution in [2.45, 2.75) is 73.5 Å². The van der Waals surface area contributed by atoms with Crippen LogP contribution in [0.3, 0.4) is 0 Å². The number of ether oxygens (including phenoxy) is 2. The molecule has 1 fully saturated rings. The molecule has 7 nitrogen and oxygen atoms in total. The average Bonchev–Trinajstić information content (AvgIpc) is 2.79. The van der Waals surface area contributed by atoms with Crippen LogP contribution in [0.4, 0.5) is 4.79 Å². The van der Waals surface area contributed by atoms with Crippen LogP contribution in [0.25, 0.3) is 11.1 Å². The molecule has 7 heteroatoms. The Kier molecular flexibility index (Phi) is 9.12. The van der Waals surface area contributed by atoms with E-state index in [2.05, 4.69) is 50.4 Å². The standard InChI is InChI=1S/C29H41N3O4/c1-19(2)16-25-24(18-36-28(34)31-29(5,6)7)27(22-10-8-20(3)9-11-22)23(21(4)30-25)17-26(33)32-12-14-35-15-13-32/h8-11,19H,12-18H2,1-7H3,(H,31,34). The van der Waals surface area contributed by atoms with Crippen LogP contribution in [0.5, 0.6) is 0 Å². The van der Waals surface area contributed by atoms with Gasteiger partial charge in [-0.3, -0.25) is 9.78 Å². The third-order valence-electron chi connectivity index (χ3n) is 6.15. The summed E-state index contributed by atoms with van der Waals surface area (Å²) in [4.78, 5) is 32.7. The van der Waals surface area contributed by atoms with Gasteiger partial charge in [0.15, 0.2) is 0 Å². The molecule has 1 N–H and O–H groups in total. The van der Waals surface area contributed by atoms with E-state index in [9.17, 15) is 9.59 Å². The van der Waals surface area contributed by atoms with Crippen LogP contribution in [0.1, 0.15) is 62.7 Å². The molecule has 1 aliphatic rings. The lowest BCUT2D eigenvalue weighted by Crippen LogP contribution is -2.41. The number of aryl methyl sites for hydroxylation is 2. The van der Waals surface area contributed by atoms with Crippen molar-refractivity contribution in [3.8, 4) is 11.1 Å². The molecule has 1 aromatic heterocycles. The number of alkyl carbamates (subject to hydrolysis) is 1. The molecule has 2 aromatic rings. The second-order valence-corrected chi connectivity index (χ2v) is 11.1. The van der Waals surface area contributed by atoms with Crippen molar-refractivity contribution in [1.29, 1.82) is 0 Å². The second kappa shape index (κ2) is 11.9. The molecule has 2 amide bonds. The lowest BCUT2D eigenvalue weighted by molar-refractivity contribution is -0.134.